The number of fused-ring (bicyclic) bond motifs is 4. The van der Waals surface area contributed by atoms with Gasteiger partial charge in [0.1, 0.15) is 18.3 Å². The molecule has 8 nitrogen and oxygen atoms in total. The van der Waals surface area contributed by atoms with E-state index >= 15 is 0 Å². The standard InChI is InChI=1S/C15H17NO7/c1-4-7-5(2-6-14(4)23-3-22-6)8-9(16-15(7)21)11(18)13(20)12(19)10(8)17/h2,8-13,17-20H,3H2,1H3,(H,16,21)/t8-,9-,10-,11+,12+,13+/m1/s1. The highest BCUT2D eigenvalue weighted by Gasteiger charge is 2.53. The Morgan fingerprint density at radius 1 is 1.09 bits per heavy atom. The molecule has 8 heteroatoms. The van der Waals surface area contributed by atoms with Crippen molar-refractivity contribution in [1.29, 1.82) is 0 Å². The van der Waals surface area contributed by atoms with Gasteiger partial charge in [0, 0.05) is 17.0 Å². The zero-order valence-corrected chi connectivity index (χ0v) is 12.3. The Hall–Kier alpha value is -1.87. The van der Waals surface area contributed by atoms with Crippen LogP contribution in [0.3, 0.4) is 0 Å². The molecular weight excluding hydrogens is 306 g/mol. The van der Waals surface area contributed by atoms with Crippen LogP contribution in [0.4, 0.5) is 0 Å². The number of hydrogen-bond donors (Lipinski definition) is 5. The van der Waals surface area contributed by atoms with E-state index in [4.69, 9.17) is 9.47 Å². The van der Waals surface area contributed by atoms with Crippen LogP contribution in [-0.2, 0) is 0 Å². The molecule has 23 heavy (non-hydrogen) atoms. The molecule has 0 unspecified atom stereocenters. The zero-order valence-electron chi connectivity index (χ0n) is 12.3. The maximum Gasteiger partial charge on any atom is 0.252 e. The molecule has 2 heterocycles. The molecule has 6 atom stereocenters. The van der Waals surface area contributed by atoms with E-state index in [2.05, 4.69) is 5.32 Å². The Morgan fingerprint density at radius 3 is 2.52 bits per heavy atom. The summed E-state index contributed by atoms with van der Waals surface area (Å²) >= 11 is 0. The van der Waals surface area contributed by atoms with Gasteiger partial charge in [-0.15, -0.1) is 0 Å². The lowest BCUT2D eigenvalue weighted by Crippen LogP contribution is -2.66. The van der Waals surface area contributed by atoms with Crippen LogP contribution < -0.4 is 14.8 Å². The topological polar surface area (TPSA) is 128 Å². The van der Waals surface area contributed by atoms with Gasteiger partial charge in [-0.2, -0.15) is 0 Å². The summed E-state index contributed by atoms with van der Waals surface area (Å²) in [6.07, 6.45) is -5.78. The second-order valence-electron chi connectivity index (χ2n) is 6.19. The molecule has 1 aliphatic carbocycles. The maximum atomic E-state index is 12.5. The van der Waals surface area contributed by atoms with Crippen LogP contribution in [0.25, 0.3) is 0 Å². The van der Waals surface area contributed by atoms with Crippen LogP contribution in [0.1, 0.15) is 27.4 Å². The molecule has 0 bridgehead atoms. The summed E-state index contributed by atoms with van der Waals surface area (Å²) in [6, 6.07) is 0.699. The average Bonchev–Trinajstić information content (AvgIpc) is 2.99. The van der Waals surface area contributed by atoms with Crippen molar-refractivity contribution < 1.29 is 34.7 Å². The molecule has 4 rings (SSSR count). The SMILES string of the molecule is Cc1c2c(cc3c1C(=O)N[C@H]1[C@H](O)[C@H](O)[C@@H](O)[C@H](O)[C@H]31)OCO2. The number of aliphatic hydroxyl groups is 4. The third-order valence-corrected chi connectivity index (χ3v) is 4.99. The van der Waals surface area contributed by atoms with Crippen LogP contribution in [0.2, 0.25) is 0 Å². The number of amides is 1. The van der Waals surface area contributed by atoms with E-state index in [0.29, 0.717) is 28.2 Å². The highest BCUT2D eigenvalue weighted by atomic mass is 16.7. The van der Waals surface area contributed by atoms with Crippen LogP contribution in [-0.4, -0.2) is 63.6 Å². The van der Waals surface area contributed by atoms with Gasteiger partial charge in [0.2, 0.25) is 6.79 Å². The van der Waals surface area contributed by atoms with E-state index < -0.39 is 42.3 Å². The zero-order chi connectivity index (χ0) is 16.5. The fourth-order valence-electron chi connectivity index (χ4n) is 3.83. The molecule has 1 aromatic rings. The first-order chi connectivity index (χ1) is 10.9. The Balaban J connectivity index is 1.91. The molecule has 2 aliphatic heterocycles. The predicted molar refractivity (Wildman–Crippen MR) is 75.3 cm³/mol. The number of nitrogens with one attached hydrogen (secondary N) is 1. The molecule has 124 valence electrons. The van der Waals surface area contributed by atoms with E-state index in [9.17, 15) is 25.2 Å². The molecule has 5 N–H and O–H groups in total. The summed E-state index contributed by atoms with van der Waals surface area (Å²) < 4.78 is 10.7. The minimum Gasteiger partial charge on any atom is -0.454 e. The number of rotatable bonds is 0. The fourth-order valence-corrected chi connectivity index (χ4v) is 3.83. The van der Waals surface area contributed by atoms with E-state index in [1.54, 1.807) is 13.0 Å². The van der Waals surface area contributed by atoms with E-state index in [0.717, 1.165) is 0 Å². The van der Waals surface area contributed by atoms with Gasteiger partial charge >= 0.3 is 0 Å². The lowest BCUT2D eigenvalue weighted by molar-refractivity contribution is -0.155. The molecule has 1 saturated carbocycles. The van der Waals surface area contributed by atoms with Gasteiger partial charge in [0.05, 0.1) is 12.1 Å². The van der Waals surface area contributed by atoms with Gasteiger partial charge in [-0.1, -0.05) is 0 Å². The van der Waals surface area contributed by atoms with Gasteiger partial charge in [-0.3, -0.25) is 4.79 Å². The smallest absolute Gasteiger partial charge is 0.252 e. The number of hydrogen-bond acceptors (Lipinski definition) is 7. The summed E-state index contributed by atoms with van der Waals surface area (Å²) in [7, 11) is 0. The van der Waals surface area contributed by atoms with E-state index in [-0.39, 0.29) is 6.79 Å². The first-order valence-corrected chi connectivity index (χ1v) is 7.38. The van der Waals surface area contributed by atoms with Gasteiger partial charge < -0.3 is 35.2 Å². The van der Waals surface area contributed by atoms with E-state index in [1.807, 2.05) is 0 Å². The molecular formula is C15H17NO7. The normalized spacial score (nSPS) is 37.9. The van der Waals surface area contributed by atoms with Crippen molar-refractivity contribution in [2.45, 2.75) is 43.3 Å². The number of carbonyl (C=O) groups excluding carboxylic acids is 1. The number of aliphatic hydroxyl groups excluding tert-OH is 4. The number of benzene rings is 1. The summed E-state index contributed by atoms with van der Waals surface area (Å²) in [5, 5.41) is 43.0. The van der Waals surface area contributed by atoms with Crippen molar-refractivity contribution in [1.82, 2.24) is 5.32 Å². The fraction of sp³-hybridized carbons (Fsp3) is 0.533. The maximum absolute atomic E-state index is 12.5. The summed E-state index contributed by atoms with van der Waals surface area (Å²) in [5.41, 5.74) is 1.39. The number of carbonyl (C=O) groups is 1. The highest BCUT2D eigenvalue weighted by molar-refractivity contribution is 6.00. The minimum atomic E-state index is -1.54. The quantitative estimate of drug-likeness (QED) is 0.388. The van der Waals surface area contributed by atoms with Crippen LogP contribution in [0, 0.1) is 6.92 Å². The van der Waals surface area contributed by atoms with E-state index in [1.165, 1.54) is 0 Å². The molecule has 1 fully saturated rings. The lowest BCUT2D eigenvalue weighted by atomic mass is 9.69. The van der Waals surface area contributed by atoms with Gasteiger partial charge in [-0.25, -0.2) is 0 Å². The molecule has 0 radical (unpaired) electrons. The van der Waals surface area contributed by atoms with Gasteiger partial charge in [0.25, 0.3) is 5.91 Å². The average molecular weight is 323 g/mol. The first-order valence-electron chi connectivity index (χ1n) is 7.38. The molecule has 1 aromatic carbocycles. The lowest BCUT2D eigenvalue weighted by Gasteiger charge is -2.47. The van der Waals surface area contributed by atoms with Crippen molar-refractivity contribution in [3.63, 3.8) is 0 Å². The molecule has 0 saturated heterocycles. The van der Waals surface area contributed by atoms with Crippen molar-refractivity contribution in [2.75, 3.05) is 6.79 Å². The second kappa shape index (κ2) is 4.81. The van der Waals surface area contributed by atoms with Crippen LogP contribution in [0.5, 0.6) is 11.5 Å². The summed E-state index contributed by atoms with van der Waals surface area (Å²) in [6.45, 7) is 1.75. The summed E-state index contributed by atoms with van der Waals surface area (Å²) in [5.74, 6) is -0.253. The van der Waals surface area contributed by atoms with Gasteiger partial charge in [0.15, 0.2) is 11.5 Å². The Labute approximate surface area is 131 Å². The van der Waals surface area contributed by atoms with Gasteiger partial charge in [-0.05, 0) is 18.6 Å². The van der Waals surface area contributed by atoms with Crippen LogP contribution >= 0.6 is 0 Å². The molecule has 1 amide bonds. The molecule has 3 aliphatic rings. The Bertz CT molecular complexity index is 691. The molecule has 0 spiro atoms. The number of ether oxygens (including phenoxy) is 2. The van der Waals surface area contributed by atoms with Crippen LogP contribution in [0.15, 0.2) is 6.07 Å². The van der Waals surface area contributed by atoms with Crippen molar-refractivity contribution >= 4 is 5.91 Å². The largest absolute Gasteiger partial charge is 0.454 e. The van der Waals surface area contributed by atoms with Crippen molar-refractivity contribution in [2.24, 2.45) is 0 Å². The van der Waals surface area contributed by atoms with Crippen molar-refractivity contribution in [3.8, 4) is 11.5 Å². The third-order valence-electron chi connectivity index (χ3n) is 4.99. The Kier molecular flexibility index (Phi) is 3.08. The molecule has 0 aromatic heterocycles. The predicted octanol–water partition coefficient (Wildman–Crippen LogP) is -1.62. The second-order valence-corrected chi connectivity index (χ2v) is 6.19. The third kappa shape index (κ3) is 1.83. The summed E-state index contributed by atoms with van der Waals surface area (Å²) in [4.78, 5) is 12.5. The monoisotopic (exact) mass is 323 g/mol. The minimum absolute atomic E-state index is 0.0430. The Morgan fingerprint density at radius 2 is 1.78 bits per heavy atom. The highest BCUT2D eigenvalue weighted by Crippen LogP contribution is 2.46. The first kappa shape index (κ1) is 14.7. The van der Waals surface area contributed by atoms with Crippen molar-refractivity contribution in [3.05, 3.63) is 22.8 Å².